The third kappa shape index (κ3) is 10.0. The maximum atomic E-state index is 12.0. The smallest absolute Gasteiger partial charge is 0.305 e. The highest BCUT2D eigenvalue weighted by Crippen LogP contribution is 2.08. The largest absolute Gasteiger partial charge is 0.481 e. The number of amides is 1. The molecule has 0 aliphatic rings. The first-order valence-corrected chi connectivity index (χ1v) is 8.62. The lowest BCUT2D eigenvalue weighted by molar-refractivity contribution is -0.871. The van der Waals surface area contributed by atoms with Gasteiger partial charge in [-0.05, 0) is 24.8 Å². The molecule has 24 heavy (non-hydrogen) atoms. The number of carboxylic acids is 1. The lowest BCUT2D eigenvalue weighted by Crippen LogP contribution is -2.49. The van der Waals surface area contributed by atoms with Crippen LogP contribution in [0.4, 0.5) is 0 Å². The summed E-state index contributed by atoms with van der Waals surface area (Å²) in [6.07, 6.45) is 4.36. The van der Waals surface area contributed by atoms with Gasteiger partial charge < -0.3 is 14.9 Å². The molecule has 0 aromatic heterocycles. The van der Waals surface area contributed by atoms with Gasteiger partial charge in [-0.15, -0.1) is 0 Å². The number of nitrogens with zero attached hydrogens (tertiary/aromatic N) is 1. The summed E-state index contributed by atoms with van der Waals surface area (Å²) >= 11 is 0. The van der Waals surface area contributed by atoms with Gasteiger partial charge in [0.1, 0.15) is 0 Å². The van der Waals surface area contributed by atoms with Gasteiger partial charge in [0, 0.05) is 6.42 Å². The molecule has 1 rings (SSSR count). The fourth-order valence-electron chi connectivity index (χ4n) is 2.77. The molecule has 1 atom stereocenters. The number of nitrogens with one attached hydrogen (secondary N) is 1. The van der Waals surface area contributed by atoms with Crippen molar-refractivity contribution in [1.82, 2.24) is 5.32 Å². The van der Waals surface area contributed by atoms with Gasteiger partial charge in [0.15, 0.2) is 0 Å². The molecule has 2 N–H and O–H groups in total. The summed E-state index contributed by atoms with van der Waals surface area (Å²) in [4.78, 5) is 23.0. The Morgan fingerprint density at radius 3 is 2.33 bits per heavy atom. The minimum Gasteiger partial charge on any atom is -0.481 e. The fourth-order valence-corrected chi connectivity index (χ4v) is 2.77. The van der Waals surface area contributed by atoms with E-state index in [2.05, 4.69) is 17.4 Å². The van der Waals surface area contributed by atoms with Crippen molar-refractivity contribution in [1.29, 1.82) is 0 Å². The molecule has 0 spiro atoms. The van der Waals surface area contributed by atoms with E-state index >= 15 is 0 Å². The second kappa shape index (κ2) is 10.1. The fraction of sp³-hybridized carbons (Fsp3) is 0.579. The van der Waals surface area contributed by atoms with Crippen LogP contribution in [0.15, 0.2) is 30.3 Å². The van der Waals surface area contributed by atoms with Crippen LogP contribution in [-0.2, 0) is 16.0 Å². The molecule has 5 nitrogen and oxygen atoms in total. The van der Waals surface area contributed by atoms with Crippen molar-refractivity contribution in [2.75, 3.05) is 27.7 Å². The molecule has 134 valence electrons. The second-order valence-corrected chi connectivity index (χ2v) is 7.38. The molecule has 1 aromatic rings. The van der Waals surface area contributed by atoms with Crippen LogP contribution in [0.3, 0.4) is 0 Å². The Morgan fingerprint density at radius 1 is 1.08 bits per heavy atom. The molecule has 0 aliphatic heterocycles. The van der Waals surface area contributed by atoms with Crippen molar-refractivity contribution in [3.63, 3.8) is 0 Å². The summed E-state index contributed by atoms with van der Waals surface area (Å²) < 4.78 is 0.620. The van der Waals surface area contributed by atoms with E-state index in [9.17, 15) is 9.59 Å². The normalized spacial score (nSPS) is 12.6. The molecule has 0 heterocycles. The van der Waals surface area contributed by atoms with Gasteiger partial charge in [-0.3, -0.25) is 9.59 Å². The lowest BCUT2D eigenvalue weighted by Gasteiger charge is -2.29. The number of quaternary nitrogens is 1. The number of aliphatic carboxylic acids is 1. The lowest BCUT2D eigenvalue weighted by atomic mass is 10.1. The number of rotatable bonds is 11. The number of unbranched alkanes of at least 4 members (excludes halogenated alkanes) is 2. The summed E-state index contributed by atoms with van der Waals surface area (Å²) in [5.74, 6) is -0.925. The van der Waals surface area contributed by atoms with Gasteiger partial charge >= 0.3 is 5.97 Å². The molecule has 0 bridgehead atoms. The van der Waals surface area contributed by atoms with Crippen LogP contribution in [0, 0.1) is 0 Å². The molecule has 0 aliphatic carbocycles. The summed E-state index contributed by atoms with van der Waals surface area (Å²) in [7, 11) is 5.97. The third-order valence-electron chi connectivity index (χ3n) is 3.77. The number of carbonyl (C=O) groups excluding carboxylic acids is 1. The number of aryl methyl sites for hydroxylation is 1. The maximum Gasteiger partial charge on any atom is 0.305 e. The van der Waals surface area contributed by atoms with Crippen molar-refractivity contribution in [2.45, 2.75) is 44.6 Å². The summed E-state index contributed by atoms with van der Waals surface area (Å²) in [5, 5.41) is 11.9. The van der Waals surface area contributed by atoms with Crippen molar-refractivity contribution < 1.29 is 19.2 Å². The Balaban J connectivity index is 2.26. The maximum absolute atomic E-state index is 12.0. The molecule has 0 unspecified atom stereocenters. The predicted molar refractivity (Wildman–Crippen MR) is 95.7 cm³/mol. The van der Waals surface area contributed by atoms with E-state index in [1.54, 1.807) is 0 Å². The van der Waals surface area contributed by atoms with E-state index in [-0.39, 0.29) is 18.4 Å². The van der Waals surface area contributed by atoms with Crippen molar-refractivity contribution in [3.8, 4) is 0 Å². The number of carbonyl (C=O) groups is 2. The molecule has 0 fully saturated rings. The number of likely N-dealkylation sites (N-methyl/N-ethyl adjacent to an activating group) is 1. The Morgan fingerprint density at radius 2 is 1.75 bits per heavy atom. The highest BCUT2D eigenvalue weighted by molar-refractivity contribution is 5.77. The molecule has 1 amide bonds. The van der Waals surface area contributed by atoms with Crippen LogP contribution in [0.2, 0.25) is 0 Å². The SMILES string of the molecule is C[N+](C)(C)C[C@@H](CC(=O)O)NC(=O)CCCCCc1ccccc1. The molecule has 5 heteroatoms. The Labute approximate surface area is 145 Å². The Kier molecular flexibility index (Phi) is 8.47. The Bertz CT molecular complexity index is 509. The third-order valence-corrected chi connectivity index (χ3v) is 3.77. The summed E-state index contributed by atoms with van der Waals surface area (Å²) in [6.45, 7) is 0.603. The number of benzene rings is 1. The van der Waals surface area contributed by atoms with E-state index < -0.39 is 5.97 Å². The first-order chi connectivity index (χ1) is 11.3. The number of carboxylic acid groups (broad SMARTS) is 1. The van der Waals surface area contributed by atoms with E-state index in [0.29, 0.717) is 17.4 Å². The van der Waals surface area contributed by atoms with E-state index in [0.717, 1.165) is 25.7 Å². The molecule has 1 aromatic carbocycles. The van der Waals surface area contributed by atoms with E-state index in [1.165, 1.54) is 5.56 Å². The zero-order valence-electron chi connectivity index (χ0n) is 15.1. The van der Waals surface area contributed by atoms with Gasteiger partial charge in [-0.1, -0.05) is 36.8 Å². The minimum absolute atomic E-state index is 0.0325. The summed E-state index contributed by atoms with van der Waals surface area (Å²) in [6, 6.07) is 10.0. The second-order valence-electron chi connectivity index (χ2n) is 7.38. The molecule has 0 saturated heterocycles. The highest BCUT2D eigenvalue weighted by atomic mass is 16.4. The molecule has 0 radical (unpaired) electrons. The van der Waals surface area contributed by atoms with Crippen LogP contribution in [0.1, 0.15) is 37.7 Å². The monoisotopic (exact) mass is 335 g/mol. The first kappa shape index (κ1) is 20.2. The van der Waals surface area contributed by atoms with Crippen LogP contribution >= 0.6 is 0 Å². The van der Waals surface area contributed by atoms with Gasteiger partial charge in [0.05, 0.1) is 40.2 Å². The van der Waals surface area contributed by atoms with Crippen LogP contribution < -0.4 is 5.32 Å². The average Bonchev–Trinajstić information content (AvgIpc) is 2.45. The zero-order valence-corrected chi connectivity index (χ0v) is 15.1. The quantitative estimate of drug-likeness (QED) is 0.482. The molecular formula is C19H31N2O3+. The molecular weight excluding hydrogens is 304 g/mol. The van der Waals surface area contributed by atoms with Crippen molar-refractivity contribution in [2.24, 2.45) is 0 Å². The highest BCUT2D eigenvalue weighted by Gasteiger charge is 2.22. The first-order valence-electron chi connectivity index (χ1n) is 8.62. The Hall–Kier alpha value is -1.88. The van der Waals surface area contributed by atoms with Gasteiger partial charge in [0.25, 0.3) is 0 Å². The van der Waals surface area contributed by atoms with E-state index in [1.807, 2.05) is 39.3 Å². The van der Waals surface area contributed by atoms with Gasteiger partial charge in [-0.25, -0.2) is 0 Å². The van der Waals surface area contributed by atoms with Crippen molar-refractivity contribution >= 4 is 11.9 Å². The minimum atomic E-state index is -0.878. The standard InChI is InChI=1S/C19H30N2O3/c1-21(2,3)15-17(14-19(23)24)20-18(22)13-9-5-8-12-16-10-6-4-7-11-16/h4,6-7,10-11,17H,5,8-9,12-15H2,1-3H3,(H-,20,22,23,24)/p+1/t17-/m1/s1. The summed E-state index contributed by atoms with van der Waals surface area (Å²) in [5.41, 5.74) is 1.33. The van der Waals surface area contributed by atoms with Crippen LogP contribution in [0.5, 0.6) is 0 Å². The van der Waals surface area contributed by atoms with Crippen molar-refractivity contribution in [3.05, 3.63) is 35.9 Å². The van der Waals surface area contributed by atoms with Crippen LogP contribution in [0.25, 0.3) is 0 Å². The van der Waals surface area contributed by atoms with Crippen LogP contribution in [-0.4, -0.2) is 55.2 Å². The van der Waals surface area contributed by atoms with E-state index in [4.69, 9.17) is 5.11 Å². The number of hydrogen-bond donors (Lipinski definition) is 2. The number of hydrogen-bond acceptors (Lipinski definition) is 2. The van der Waals surface area contributed by atoms with Gasteiger partial charge in [-0.2, -0.15) is 0 Å². The topological polar surface area (TPSA) is 66.4 Å². The average molecular weight is 335 g/mol. The molecule has 0 saturated carbocycles. The van der Waals surface area contributed by atoms with Gasteiger partial charge in [0.2, 0.25) is 5.91 Å². The zero-order chi connectivity index (χ0) is 18.0. The predicted octanol–water partition coefficient (Wildman–Crippen LogP) is 2.46.